The molecule has 170 valence electrons. The van der Waals surface area contributed by atoms with Crippen LogP contribution in [0.4, 0.5) is 5.95 Å². The molecular formula is C21H24N10O2. The highest BCUT2D eigenvalue weighted by Crippen LogP contribution is 2.27. The van der Waals surface area contributed by atoms with Crippen LogP contribution in [0.3, 0.4) is 0 Å². The molecule has 0 aromatic carbocycles. The lowest BCUT2D eigenvalue weighted by Crippen LogP contribution is -2.23. The number of primary amides is 1. The summed E-state index contributed by atoms with van der Waals surface area (Å²) < 4.78 is 8.53. The monoisotopic (exact) mass is 448 g/mol. The largest absolute Gasteiger partial charge is 0.383 e. The van der Waals surface area contributed by atoms with Gasteiger partial charge in [-0.05, 0) is 31.4 Å². The van der Waals surface area contributed by atoms with Crippen molar-refractivity contribution in [3.63, 3.8) is 0 Å². The van der Waals surface area contributed by atoms with Crippen LogP contribution in [0.15, 0.2) is 36.9 Å². The van der Waals surface area contributed by atoms with Crippen molar-refractivity contribution in [3.8, 4) is 16.9 Å². The van der Waals surface area contributed by atoms with Crippen molar-refractivity contribution in [2.24, 2.45) is 11.7 Å². The minimum atomic E-state index is -0.254. The molecule has 4 aromatic heterocycles. The number of hydrogen-bond donors (Lipinski definition) is 2. The van der Waals surface area contributed by atoms with E-state index in [0.717, 1.165) is 29.8 Å². The molecule has 1 aliphatic carbocycles. The van der Waals surface area contributed by atoms with Crippen LogP contribution in [0.1, 0.15) is 19.3 Å². The molecule has 1 unspecified atom stereocenters. The Morgan fingerprint density at radius 2 is 2.15 bits per heavy atom. The van der Waals surface area contributed by atoms with Crippen molar-refractivity contribution in [1.29, 1.82) is 0 Å². The molecule has 1 saturated carbocycles. The second kappa shape index (κ2) is 8.90. The SMILES string of the molecule is COCCn1cc(-c2ccc(-n3nnc4cnc(NC5CC[C@@H](C(N)=O)C5)nc43)cn2)cn1. The predicted octanol–water partition coefficient (Wildman–Crippen LogP) is 1.18. The molecule has 4 aromatic rings. The summed E-state index contributed by atoms with van der Waals surface area (Å²) in [7, 11) is 1.66. The minimum absolute atomic E-state index is 0.102. The average Bonchev–Trinajstić information content (AvgIpc) is 3.57. The fourth-order valence-electron chi connectivity index (χ4n) is 4.01. The number of rotatable bonds is 8. The predicted molar refractivity (Wildman–Crippen MR) is 119 cm³/mol. The molecule has 1 fully saturated rings. The van der Waals surface area contributed by atoms with E-state index in [-0.39, 0.29) is 17.9 Å². The van der Waals surface area contributed by atoms with Gasteiger partial charge in [-0.3, -0.25) is 14.5 Å². The molecule has 4 heterocycles. The molecule has 1 aliphatic rings. The van der Waals surface area contributed by atoms with Crippen LogP contribution < -0.4 is 11.1 Å². The van der Waals surface area contributed by atoms with Gasteiger partial charge in [0.1, 0.15) is 0 Å². The van der Waals surface area contributed by atoms with E-state index in [2.05, 4.69) is 35.7 Å². The normalized spacial score (nSPS) is 18.1. The maximum atomic E-state index is 11.4. The molecule has 0 spiro atoms. The fraction of sp³-hybridized carbons (Fsp3) is 0.381. The summed E-state index contributed by atoms with van der Waals surface area (Å²) in [5, 5.41) is 16.0. The Morgan fingerprint density at radius 3 is 2.91 bits per heavy atom. The van der Waals surface area contributed by atoms with Gasteiger partial charge in [0, 0.05) is 30.8 Å². The first-order valence-electron chi connectivity index (χ1n) is 10.7. The second-order valence-corrected chi connectivity index (χ2v) is 8.04. The maximum absolute atomic E-state index is 11.4. The summed E-state index contributed by atoms with van der Waals surface area (Å²) in [4.78, 5) is 24.9. The molecule has 0 radical (unpaired) electrons. The summed E-state index contributed by atoms with van der Waals surface area (Å²) in [5.74, 6) is 0.112. The lowest BCUT2D eigenvalue weighted by Gasteiger charge is -2.12. The molecule has 3 N–H and O–H groups in total. The Hall–Kier alpha value is -3.93. The number of carbonyl (C=O) groups excluding carboxylic acids is 1. The third-order valence-electron chi connectivity index (χ3n) is 5.81. The smallest absolute Gasteiger partial charge is 0.225 e. The number of hydrogen-bond acceptors (Lipinski definition) is 9. The average molecular weight is 448 g/mol. The number of nitrogens with two attached hydrogens (primary N) is 1. The van der Waals surface area contributed by atoms with Gasteiger partial charge in [-0.1, -0.05) is 5.21 Å². The quantitative estimate of drug-likeness (QED) is 0.405. The zero-order chi connectivity index (χ0) is 22.8. The number of carbonyl (C=O) groups is 1. The molecule has 0 aliphatic heterocycles. The molecule has 0 saturated heterocycles. The second-order valence-electron chi connectivity index (χ2n) is 8.04. The van der Waals surface area contributed by atoms with Crippen LogP contribution in [0, 0.1) is 5.92 Å². The Balaban J connectivity index is 1.34. The van der Waals surface area contributed by atoms with Crippen molar-refractivity contribution < 1.29 is 9.53 Å². The number of amides is 1. The fourth-order valence-corrected chi connectivity index (χ4v) is 4.01. The van der Waals surface area contributed by atoms with Gasteiger partial charge in [0.2, 0.25) is 11.9 Å². The maximum Gasteiger partial charge on any atom is 0.225 e. The van der Waals surface area contributed by atoms with Gasteiger partial charge in [-0.25, -0.2) is 4.98 Å². The van der Waals surface area contributed by atoms with Crippen LogP contribution in [-0.2, 0) is 16.1 Å². The van der Waals surface area contributed by atoms with Gasteiger partial charge in [0.05, 0.1) is 43.1 Å². The number of pyridine rings is 1. The third kappa shape index (κ3) is 4.37. The summed E-state index contributed by atoms with van der Waals surface area (Å²) in [6.07, 6.45) is 9.37. The Kier molecular flexibility index (Phi) is 5.65. The van der Waals surface area contributed by atoms with E-state index in [1.165, 1.54) is 0 Å². The van der Waals surface area contributed by atoms with Crippen LogP contribution in [0.25, 0.3) is 28.1 Å². The highest BCUT2D eigenvalue weighted by Gasteiger charge is 2.28. The topological polar surface area (TPSA) is 152 Å². The molecular weight excluding hydrogens is 424 g/mol. The van der Waals surface area contributed by atoms with Crippen molar-refractivity contribution >= 4 is 23.0 Å². The number of methoxy groups -OCH3 is 1. The number of aromatic nitrogens is 8. The van der Waals surface area contributed by atoms with Gasteiger partial charge in [-0.15, -0.1) is 5.10 Å². The first-order chi connectivity index (χ1) is 16.1. The number of fused-ring (bicyclic) bond motifs is 1. The van der Waals surface area contributed by atoms with Gasteiger partial charge in [-0.2, -0.15) is 14.8 Å². The van der Waals surface area contributed by atoms with Crippen molar-refractivity contribution in [2.75, 3.05) is 19.0 Å². The zero-order valence-corrected chi connectivity index (χ0v) is 18.1. The van der Waals surface area contributed by atoms with Crippen LogP contribution in [0.2, 0.25) is 0 Å². The highest BCUT2D eigenvalue weighted by atomic mass is 16.5. The molecule has 33 heavy (non-hydrogen) atoms. The number of ether oxygens (including phenoxy) is 1. The van der Waals surface area contributed by atoms with Crippen LogP contribution in [0.5, 0.6) is 0 Å². The summed E-state index contributed by atoms with van der Waals surface area (Å²) >= 11 is 0. The summed E-state index contributed by atoms with van der Waals surface area (Å²) in [6, 6.07) is 3.92. The summed E-state index contributed by atoms with van der Waals surface area (Å²) in [5.41, 5.74) is 9.02. The van der Waals surface area contributed by atoms with E-state index >= 15 is 0 Å². The van der Waals surface area contributed by atoms with Gasteiger partial charge in [0.25, 0.3) is 0 Å². The zero-order valence-electron chi connectivity index (χ0n) is 18.1. The number of nitrogens with zero attached hydrogens (tertiary/aromatic N) is 8. The van der Waals surface area contributed by atoms with Crippen LogP contribution in [-0.4, -0.2) is 65.4 Å². The lowest BCUT2D eigenvalue weighted by atomic mass is 10.1. The van der Waals surface area contributed by atoms with Gasteiger partial charge < -0.3 is 15.8 Å². The lowest BCUT2D eigenvalue weighted by molar-refractivity contribution is -0.121. The molecule has 0 bridgehead atoms. The van der Waals surface area contributed by atoms with E-state index in [0.29, 0.717) is 36.7 Å². The minimum Gasteiger partial charge on any atom is -0.383 e. The Bertz CT molecular complexity index is 1270. The first-order valence-corrected chi connectivity index (χ1v) is 10.7. The Labute approximate surface area is 189 Å². The van der Waals surface area contributed by atoms with E-state index in [9.17, 15) is 4.79 Å². The number of anilines is 1. The number of nitrogens with one attached hydrogen (secondary N) is 1. The van der Waals surface area contributed by atoms with Crippen molar-refractivity contribution in [2.45, 2.75) is 31.8 Å². The van der Waals surface area contributed by atoms with E-state index in [1.54, 1.807) is 30.4 Å². The van der Waals surface area contributed by atoms with Crippen molar-refractivity contribution in [3.05, 3.63) is 36.9 Å². The molecule has 1 amide bonds. The molecule has 12 heteroatoms. The van der Waals surface area contributed by atoms with Gasteiger partial charge in [0.15, 0.2) is 11.2 Å². The van der Waals surface area contributed by atoms with E-state index in [1.807, 2.05) is 23.0 Å². The molecule has 2 atom stereocenters. The van der Waals surface area contributed by atoms with Gasteiger partial charge >= 0.3 is 0 Å². The van der Waals surface area contributed by atoms with E-state index < -0.39 is 0 Å². The molecule has 12 nitrogen and oxygen atoms in total. The third-order valence-corrected chi connectivity index (χ3v) is 5.81. The van der Waals surface area contributed by atoms with E-state index in [4.69, 9.17) is 10.5 Å². The highest BCUT2D eigenvalue weighted by molar-refractivity contribution is 5.77. The molecule has 5 rings (SSSR count). The Morgan fingerprint density at radius 1 is 1.24 bits per heavy atom. The summed E-state index contributed by atoms with van der Waals surface area (Å²) in [6.45, 7) is 1.28. The first kappa shape index (κ1) is 20.9. The van der Waals surface area contributed by atoms with Crippen molar-refractivity contribution in [1.82, 2.24) is 39.7 Å². The van der Waals surface area contributed by atoms with Crippen LogP contribution >= 0.6 is 0 Å². The standard InChI is InChI=1S/C21H24N10O2/c1-33-7-6-30-12-14(9-25-30)17-5-4-16(10-23-17)31-20-18(28-29-31)11-24-21(27-20)26-15-3-2-13(8-15)19(22)32/h4-5,9-13,15H,2-3,6-8H2,1H3,(H2,22,32)(H,24,26,27)/t13-,15?/m1/s1.